The molecular weight excluding hydrogens is 278 g/mol. The van der Waals surface area contributed by atoms with Crippen LogP contribution in [0.25, 0.3) is 6.08 Å². The third-order valence-corrected chi connectivity index (χ3v) is 4.90. The molecule has 1 unspecified atom stereocenters. The third kappa shape index (κ3) is 2.77. The van der Waals surface area contributed by atoms with Crippen LogP contribution in [0.15, 0.2) is 45.7 Å². The highest BCUT2D eigenvalue weighted by Crippen LogP contribution is 2.38. The Labute approximate surface area is 119 Å². The molecule has 3 rings (SSSR count). The van der Waals surface area contributed by atoms with E-state index in [2.05, 4.69) is 16.8 Å². The van der Waals surface area contributed by atoms with Crippen LogP contribution in [-0.2, 0) is 4.79 Å². The van der Waals surface area contributed by atoms with Crippen molar-refractivity contribution in [2.45, 2.75) is 5.37 Å². The number of amides is 1. The quantitative estimate of drug-likeness (QED) is 0.810. The topological polar surface area (TPSA) is 33.5 Å². The Kier molecular flexibility index (Phi) is 3.75. The van der Waals surface area contributed by atoms with E-state index in [-0.39, 0.29) is 11.3 Å². The fourth-order valence-electron chi connectivity index (χ4n) is 2.02. The van der Waals surface area contributed by atoms with Crippen molar-refractivity contribution in [3.63, 3.8) is 0 Å². The minimum absolute atomic E-state index is 0.0394. The second kappa shape index (κ2) is 5.67. The predicted molar refractivity (Wildman–Crippen MR) is 79.0 cm³/mol. The maximum atomic E-state index is 12.2. The summed E-state index contributed by atoms with van der Waals surface area (Å²) in [6.45, 7) is 0.798. The van der Waals surface area contributed by atoms with Crippen LogP contribution in [0, 0.1) is 0 Å². The fourth-order valence-corrected chi connectivity index (χ4v) is 4.04. The number of furan rings is 1. The van der Waals surface area contributed by atoms with Crippen molar-refractivity contribution in [2.24, 2.45) is 0 Å². The lowest BCUT2D eigenvalue weighted by molar-refractivity contribution is -0.126. The molecule has 1 aliphatic heterocycles. The van der Waals surface area contributed by atoms with Crippen molar-refractivity contribution in [2.75, 3.05) is 12.3 Å². The Morgan fingerprint density at radius 3 is 3.16 bits per heavy atom. The van der Waals surface area contributed by atoms with E-state index in [4.69, 9.17) is 4.42 Å². The van der Waals surface area contributed by atoms with Crippen LogP contribution in [0.1, 0.15) is 16.7 Å². The van der Waals surface area contributed by atoms with Gasteiger partial charge in [0.1, 0.15) is 11.1 Å². The summed E-state index contributed by atoms with van der Waals surface area (Å²) in [5.41, 5.74) is 1.22. The molecule has 0 aromatic carbocycles. The predicted octanol–water partition coefficient (Wildman–Crippen LogP) is 3.63. The zero-order chi connectivity index (χ0) is 13.1. The minimum Gasteiger partial charge on any atom is -0.465 e. The molecule has 19 heavy (non-hydrogen) atoms. The van der Waals surface area contributed by atoms with Gasteiger partial charge in [-0.05, 0) is 40.6 Å². The lowest BCUT2D eigenvalue weighted by atomic mass is 10.3. The van der Waals surface area contributed by atoms with Crippen LogP contribution in [0.3, 0.4) is 0 Å². The number of carbonyl (C=O) groups is 1. The highest BCUT2D eigenvalue weighted by molar-refractivity contribution is 7.99. The van der Waals surface area contributed by atoms with Crippen molar-refractivity contribution >= 4 is 35.1 Å². The first-order chi connectivity index (χ1) is 9.34. The van der Waals surface area contributed by atoms with Gasteiger partial charge in [-0.15, -0.1) is 11.8 Å². The van der Waals surface area contributed by atoms with E-state index in [0.717, 1.165) is 12.3 Å². The molecule has 0 bridgehead atoms. The SMILES string of the molecule is O=C(/C=C/c1ccco1)N1CCSC1c1ccsc1. The molecule has 2 aromatic heterocycles. The summed E-state index contributed by atoms with van der Waals surface area (Å²) in [6.07, 6.45) is 4.91. The van der Waals surface area contributed by atoms with E-state index in [9.17, 15) is 4.79 Å². The fraction of sp³-hybridized carbons (Fsp3) is 0.214. The number of nitrogens with zero attached hydrogens (tertiary/aromatic N) is 1. The van der Waals surface area contributed by atoms with Crippen LogP contribution >= 0.6 is 23.1 Å². The molecule has 1 amide bonds. The summed E-state index contributed by atoms with van der Waals surface area (Å²) in [5, 5.41) is 4.31. The van der Waals surface area contributed by atoms with E-state index >= 15 is 0 Å². The molecule has 1 saturated heterocycles. The van der Waals surface area contributed by atoms with Crippen LogP contribution in [0.2, 0.25) is 0 Å². The maximum absolute atomic E-state index is 12.2. The molecule has 5 heteroatoms. The molecule has 0 aliphatic carbocycles. The van der Waals surface area contributed by atoms with Gasteiger partial charge in [0.25, 0.3) is 0 Å². The molecule has 0 N–H and O–H groups in total. The summed E-state index contributed by atoms with van der Waals surface area (Å²) < 4.78 is 5.18. The van der Waals surface area contributed by atoms with Crippen LogP contribution in [0.4, 0.5) is 0 Å². The van der Waals surface area contributed by atoms with E-state index in [1.54, 1.807) is 29.8 Å². The average Bonchev–Trinajstić information content (AvgIpc) is 3.14. The Hall–Kier alpha value is -1.46. The van der Waals surface area contributed by atoms with E-state index in [1.165, 1.54) is 5.56 Å². The number of carbonyl (C=O) groups excluding carboxylic acids is 1. The lowest BCUT2D eigenvalue weighted by Crippen LogP contribution is -2.28. The molecular formula is C14H13NO2S2. The molecule has 3 heterocycles. The van der Waals surface area contributed by atoms with Gasteiger partial charge in [-0.1, -0.05) is 0 Å². The van der Waals surface area contributed by atoms with Crippen molar-refractivity contribution in [1.29, 1.82) is 0 Å². The number of rotatable bonds is 3. The molecule has 1 atom stereocenters. The van der Waals surface area contributed by atoms with Gasteiger partial charge in [0.15, 0.2) is 0 Å². The molecule has 98 valence electrons. The summed E-state index contributed by atoms with van der Waals surface area (Å²) in [4.78, 5) is 14.1. The second-order valence-electron chi connectivity index (χ2n) is 4.16. The van der Waals surface area contributed by atoms with Gasteiger partial charge in [-0.3, -0.25) is 4.79 Å². The smallest absolute Gasteiger partial charge is 0.247 e. The Bertz CT molecular complexity index is 560. The number of thioether (sulfide) groups is 1. The summed E-state index contributed by atoms with van der Waals surface area (Å²) >= 11 is 3.48. The number of hydrogen-bond donors (Lipinski definition) is 0. The third-order valence-electron chi connectivity index (χ3n) is 2.94. The second-order valence-corrected chi connectivity index (χ2v) is 6.13. The van der Waals surface area contributed by atoms with Crippen molar-refractivity contribution in [3.8, 4) is 0 Å². The van der Waals surface area contributed by atoms with Crippen molar-refractivity contribution in [3.05, 3.63) is 52.6 Å². The number of hydrogen-bond acceptors (Lipinski definition) is 4. The summed E-state index contributed by atoms with van der Waals surface area (Å²) in [6, 6.07) is 5.73. The Balaban J connectivity index is 1.72. The van der Waals surface area contributed by atoms with E-state index in [0.29, 0.717) is 5.76 Å². The average molecular weight is 291 g/mol. The molecule has 3 nitrogen and oxygen atoms in total. The summed E-state index contributed by atoms with van der Waals surface area (Å²) in [7, 11) is 0. The van der Waals surface area contributed by atoms with Gasteiger partial charge in [0.2, 0.25) is 5.91 Å². The highest BCUT2D eigenvalue weighted by atomic mass is 32.2. The molecule has 0 saturated carbocycles. The molecule has 0 spiro atoms. The summed E-state index contributed by atoms with van der Waals surface area (Å²) in [5.74, 6) is 1.73. The lowest BCUT2D eigenvalue weighted by Gasteiger charge is -2.21. The maximum Gasteiger partial charge on any atom is 0.247 e. The Morgan fingerprint density at radius 2 is 2.42 bits per heavy atom. The normalized spacial score (nSPS) is 19.4. The minimum atomic E-state index is 0.0394. The molecule has 1 fully saturated rings. The first-order valence-electron chi connectivity index (χ1n) is 6.00. The highest BCUT2D eigenvalue weighted by Gasteiger charge is 2.29. The zero-order valence-electron chi connectivity index (χ0n) is 10.2. The monoisotopic (exact) mass is 291 g/mol. The first kappa shape index (κ1) is 12.6. The largest absolute Gasteiger partial charge is 0.465 e. The van der Waals surface area contributed by atoms with Gasteiger partial charge < -0.3 is 9.32 Å². The first-order valence-corrected chi connectivity index (χ1v) is 7.99. The number of thiophene rings is 1. The molecule has 2 aromatic rings. The zero-order valence-corrected chi connectivity index (χ0v) is 11.8. The van der Waals surface area contributed by atoms with Gasteiger partial charge in [-0.2, -0.15) is 11.3 Å². The van der Waals surface area contributed by atoms with Gasteiger partial charge in [-0.25, -0.2) is 0 Å². The van der Waals surface area contributed by atoms with E-state index < -0.39 is 0 Å². The molecule has 0 radical (unpaired) electrons. The van der Waals surface area contributed by atoms with Crippen LogP contribution in [-0.4, -0.2) is 23.1 Å². The van der Waals surface area contributed by atoms with Crippen molar-refractivity contribution < 1.29 is 9.21 Å². The van der Waals surface area contributed by atoms with Gasteiger partial charge in [0.05, 0.1) is 6.26 Å². The van der Waals surface area contributed by atoms with Crippen molar-refractivity contribution in [1.82, 2.24) is 4.90 Å². The molecule has 1 aliphatic rings. The van der Waals surface area contributed by atoms with Crippen LogP contribution in [0.5, 0.6) is 0 Å². The van der Waals surface area contributed by atoms with Crippen LogP contribution < -0.4 is 0 Å². The Morgan fingerprint density at radius 1 is 1.47 bits per heavy atom. The van der Waals surface area contributed by atoms with Gasteiger partial charge >= 0.3 is 0 Å². The van der Waals surface area contributed by atoms with E-state index in [1.807, 2.05) is 28.8 Å². The standard InChI is InChI=1S/C14H13NO2S2/c16-13(4-3-12-2-1-7-17-12)15-6-9-19-14(15)11-5-8-18-10-11/h1-5,7-8,10,14H,6,9H2/b4-3+. The van der Waals surface area contributed by atoms with Gasteiger partial charge in [0, 0.05) is 18.4 Å².